The third-order valence-corrected chi connectivity index (χ3v) is 5.21. The van der Waals surface area contributed by atoms with E-state index < -0.39 is 10.0 Å². The molecule has 6 nitrogen and oxygen atoms in total. The molecule has 0 aromatic heterocycles. The molecule has 0 fully saturated rings. The second-order valence-corrected chi connectivity index (χ2v) is 7.46. The third kappa shape index (κ3) is 6.64. The van der Waals surface area contributed by atoms with Gasteiger partial charge in [0.05, 0.1) is 4.90 Å². The number of rotatable bonds is 6. The average molecular weight is 454 g/mol. The molecule has 1 rings (SSSR count). The summed E-state index contributed by atoms with van der Waals surface area (Å²) in [5, 5.41) is 6.48. The topological polar surface area (TPSA) is 73.8 Å². The normalized spacial score (nSPS) is 13.4. The first kappa shape index (κ1) is 22.1. The molecule has 0 amide bonds. The van der Waals surface area contributed by atoms with Gasteiger partial charge in [-0.2, -0.15) is 0 Å². The largest absolute Gasteiger partial charge is 0.354 e. The van der Waals surface area contributed by atoms with Crippen LogP contribution in [-0.4, -0.2) is 45.9 Å². The Morgan fingerprint density at radius 3 is 2.26 bits per heavy atom. The molecule has 1 atom stereocenters. The molecule has 0 saturated heterocycles. The van der Waals surface area contributed by atoms with Crippen molar-refractivity contribution in [1.29, 1.82) is 0 Å². The zero-order chi connectivity index (χ0) is 16.8. The van der Waals surface area contributed by atoms with Gasteiger partial charge in [-0.15, -0.1) is 24.0 Å². The number of hydrogen-bond donors (Lipinski definition) is 2. The highest BCUT2D eigenvalue weighted by Crippen LogP contribution is 2.13. The van der Waals surface area contributed by atoms with Crippen LogP contribution in [0.25, 0.3) is 0 Å². The average Bonchev–Trinajstić information content (AvgIpc) is 2.51. The molecule has 0 radical (unpaired) electrons. The third-order valence-electron chi connectivity index (χ3n) is 3.38. The van der Waals surface area contributed by atoms with E-state index in [9.17, 15) is 8.42 Å². The molecule has 0 saturated carbocycles. The van der Waals surface area contributed by atoms with E-state index in [4.69, 9.17) is 0 Å². The van der Waals surface area contributed by atoms with Gasteiger partial charge in [0.15, 0.2) is 5.96 Å². The molecule has 0 heterocycles. The minimum absolute atomic E-state index is 0. The van der Waals surface area contributed by atoms with E-state index in [2.05, 4.69) is 29.5 Å². The van der Waals surface area contributed by atoms with Gasteiger partial charge in [-0.05, 0) is 31.0 Å². The van der Waals surface area contributed by atoms with Crippen molar-refractivity contribution in [3.05, 3.63) is 29.8 Å². The first-order valence-electron chi connectivity index (χ1n) is 7.30. The van der Waals surface area contributed by atoms with Crippen molar-refractivity contribution in [3.8, 4) is 0 Å². The van der Waals surface area contributed by atoms with Gasteiger partial charge in [-0.1, -0.05) is 19.1 Å². The minimum atomic E-state index is -3.37. The fourth-order valence-electron chi connectivity index (χ4n) is 1.71. The van der Waals surface area contributed by atoms with Crippen molar-refractivity contribution < 1.29 is 8.42 Å². The van der Waals surface area contributed by atoms with Gasteiger partial charge in [-0.25, -0.2) is 12.7 Å². The molecule has 0 bridgehead atoms. The van der Waals surface area contributed by atoms with Crippen molar-refractivity contribution in [2.45, 2.75) is 37.8 Å². The maximum atomic E-state index is 12.0. The van der Waals surface area contributed by atoms with Crippen LogP contribution in [0.2, 0.25) is 0 Å². The Balaban J connectivity index is 0.00000484. The number of halogens is 1. The quantitative estimate of drug-likeness (QED) is 0.392. The van der Waals surface area contributed by atoms with Crippen LogP contribution in [0, 0.1) is 0 Å². The van der Waals surface area contributed by atoms with Crippen molar-refractivity contribution >= 4 is 40.0 Å². The summed E-state index contributed by atoms with van der Waals surface area (Å²) in [5.74, 6) is 0.735. The monoisotopic (exact) mass is 454 g/mol. The van der Waals surface area contributed by atoms with Gasteiger partial charge < -0.3 is 10.6 Å². The summed E-state index contributed by atoms with van der Waals surface area (Å²) in [5.41, 5.74) is 0.991. The maximum absolute atomic E-state index is 12.0. The Hall–Kier alpha value is -0.870. The molecule has 1 aromatic rings. The second kappa shape index (κ2) is 10.1. The molecule has 1 aromatic carbocycles. The van der Waals surface area contributed by atoms with E-state index in [1.165, 1.54) is 18.4 Å². The van der Waals surface area contributed by atoms with Gasteiger partial charge in [-0.3, -0.25) is 4.99 Å². The van der Waals surface area contributed by atoms with E-state index in [0.717, 1.165) is 17.9 Å². The van der Waals surface area contributed by atoms with E-state index in [0.29, 0.717) is 17.5 Å². The molecular weight excluding hydrogens is 427 g/mol. The second-order valence-electron chi connectivity index (χ2n) is 5.31. The zero-order valence-corrected chi connectivity index (χ0v) is 17.5. The lowest BCUT2D eigenvalue weighted by atomic mass is 10.2. The SMILES string of the molecule is CCC(C)NC(=NC)NCc1ccc(S(=O)(=O)N(C)C)cc1.I. The lowest BCUT2D eigenvalue weighted by Gasteiger charge is -2.16. The van der Waals surface area contributed by atoms with E-state index >= 15 is 0 Å². The van der Waals surface area contributed by atoms with Gasteiger partial charge >= 0.3 is 0 Å². The number of guanidine groups is 1. The van der Waals surface area contributed by atoms with E-state index in [1.54, 1.807) is 31.3 Å². The van der Waals surface area contributed by atoms with Gasteiger partial charge in [0.25, 0.3) is 0 Å². The standard InChI is InChI=1S/C15H26N4O2S.HI/c1-6-12(2)18-15(16-3)17-11-13-7-9-14(10-8-13)22(20,21)19(4)5;/h7-10,12H,6,11H2,1-5H3,(H2,16,17,18);1H. The number of nitrogens with one attached hydrogen (secondary N) is 2. The first-order valence-corrected chi connectivity index (χ1v) is 8.74. The van der Waals surface area contributed by atoms with Gasteiger partial charge in [0, 0.05) is 33.7 Å². The number of sulfonamides is 1. The molecule has 132 valence electrons. The summed E-state index contributed by atoms with van der Waals surface area (Å²) in [6.07, 6.45) is 1.01. The summed E-state index contributed by atoms with van der Waals surface area (Å²) in [4.78, 5) is 4.46. The summed E-state index contributed by atoms with van der Waals surface area (Å²) in [7, 11) is 1.40. The van der Waals surface area contributed by atoms with Crippen LogP contribution in [0.3, 0.4) is 0 Å². The molecule has 23 heavy (non-hydrogen) atoms. The molecule has 0 spiro atoms. The molecule has 0 aliphatic heterocycles. The highest BCUT2D eigenvalue weighted by Gasteiger charge is 2.16. The lowest BCUT2D eigenvalue weighted by Crippen LogP contribution is -2.41. The fourth-order valence-corrected chi connectivity index (χ4v) is 2.61. The Kier molecular flexibility index (Phi) is 9.71. The lowest BCUT2D eigenvalue weighted by molar-refractivity contribution is 0.520. The van der Waals surface area contributed by atoms with Crippen LogP contribution >= 0.6 is 24.0 Å². The summed E-state index contributed by atoms with van der Waals surface area (Å²) < 4.78 is 25.2. The number of aliphatic imine (C=N–C) groups is 1. The number of hydrogen-bond acceptors (Lipinski definition) is 3. The smallest absolute Gasteiger partial charge is 0.242 e. The van der Waals surface area contributed by atoms with Crippen LogP contribution in [0.5, 0.6) is 0 Å². The van der Waals surface area contributed by atoms with Crippen molar-refractivity contribution in [1.82, 2.24) is 14.9 Å². The predicted molar refractivity (Wildman–Crippen MR) is 106 cm³/mol. The van der Waals surface area contributed by atoms with Crippen LogP contribution in [0.15, 0.2) is 34.2 Å². The summed E-state index contributed by atoms with van der Waals surface area (Å²) >= 11 is 0. The molecule has 2 N–H and O–H groups in total. The van der Waals surface area contributed by atoms with Crippen molar-refractivity contribution in [2.75, 3.05) is 21.1 Å². The van der Waals surface area contributed by atoms with Crippen LogP contribution in [0.4, 0.5) is 0 Å². The van der Waals surface area contributed by atoms with Crippen LogP contribution in [0.1, 0.15) is 25.8 Å². The molecule has 1 unspecified atom stereocenters. The number of benzene rings is 1. The van der Waals surface area contributed by atoms with Gasteiger partial charge in [0.2, 0.25) is 10.0 Å². The Morgan fingerprint density at radius 2 is 1.83 bits per heavy atom. The first-order chi connectivity index (χ1) is 10.3. The Bertz CT molecular complexity index is 600. The Morgan fingerprint density at radius 1 is 1.26 bits per heavy atom. The van der Waals surface area contributed by atoms with Crippen molar-refractivity contribution in [3.63, 3.8) is 0 Å². The molecule has 8 heteroatoms. The predicted octanol–water partition coefficient (Wildman–Crippen LogP) is 2.02. The van der Waals surface area contributed by atoms with Crippen LogP contribution in [-0.2, 0) is 16.6 Å². The fraction of sp³-hybridized carbons (Fsp3) is 0.533. The zero-order valence-electron chi connectivity index (χ0n) is 14.3. The minimum Gasteiger partial charge on any atom is -0.354 e. The molecular formula is C15H27IN4O2S. The summed E-state index contributed by atoms with van der Waals surface area (Å²) in [6.45, 7) is 4.78. The van der Waals surface area contributed by atoms with E-state index in [-0.39, 0.29) is 24.0 Å². The van der Waals surface area contributed by atoms with E-state index in [1.807, 2.05) is 0 Å². The molecule has 0 aliphatic carbocycles. The van der Waals surface area contributed by atoms with Crippen LogP contribution < -0.4 is 10.6 Å². The Labute approximate surface area is 156 Å². The van der Waals surface area contributed by atoms with Gasteiger partial charge in [0.1, 0.15) is 0 Å². The highest BCUT2D eigenvalue weighted by molar-refractivity contribution is 14.0. The summed E-state index contributed by atoms with van der Waals surface area (Å²) in [6, 6.07) is 7.20. The van der Waals surface area contributed by atoms with Crippen molar-refractivity contribution in [2.24, 2.45) is 4.99 Å². The number of nitrogens with zero attached hydrogens (tertiary/aromatic N) is 2. The maximum Gasteiger partial charge on any atom is 0.242 e. The highest BCUT2D eigenvalue weighted by atomic mass is 127. The molecule has 0 aliphatic rings.